The van der Waals surface area contributed by atoms with Crippen molar-refractivity contribution in [3.8, 4) is 0 Å². The lowest BCUT2D eigenvalue weighted by Gasteiger charge is -2.30. The van der Waals surface area contributed by atoms with E-state index in [1.165, 1.54) is 0 Å². The Balaban J connectivity index is 1.96. The van der Waals surface area contributed by atoms with E-state index in [-0.39, 0.29) is 18.0 Å². The van der Waals surface area contributed by atoms with Gasteiger partial charge in [-0.05, 0) is 49.9 Å². The first kappa shape index (κ1) is 14.5. The highest BCUT2D eigenvalue weighted by atomic mass is 79.9. The van der Waals surface area contributed by atoms with Crippen LogP contribution < -0.4 is 10.6 Å². The van der Waals surface area contributed by atoms with Gasteiger partial charge in [-0.25, -0.2) is 0 Å². The van der Waals surface area contributed by atoms with Gasteiger partial charge in [0.15, 0.2) is 0 Å². The van der Waals surface area contributed by atoms with Crippen LogP contribution in [0.25, 0.3) is 0 Å². The molecule has 1 aromatic carbocycles. The Morgan fingerprint density at radius 2 is 2.11 bits per heavy atom. The van der Waals surface area contributed by atoms with E-state index in [0.717, 1.165) is 29.4 Å². The summed E-state index contributed by atoms with van der Waals surface area (Å²) in [6.07, 6.45) is 2.28. The summed E-state index contributed by atoms with van der Waals surface area (Å²) in [6, 6.07) is 8.06. The predicted octanol–water partition coefficient (Wildman–Crippen LogP) is 3.01. The Kier molecular flexibility index (Phi) is 4.99. The van der Waals surface area contributed by atoms with E-state index in [1.54, 1.807) is 0 Å². The summed E-state index contributed by atoms with van der Waals surface area (Å²) in [7, 11) is 0. The van der Waals surface area contributed by atoms with Crippen molar-refractivity contribution >= 4 is 21.8 Å². The minimum Gasteiger partial charge on any atom is -0.348 e. The van der Waals surface area contributed by atoms with E-state index in [2.05, 4.69) is 33.5 Å². The standard InChI is InChI=1S/C15H21BrN2O/c1-10-4-3-9-17-14(10)15(19)18-11(2)12-5-7-13(16)8-6-12/h5-8,10-11,14,17H,3-4,9H2,1-2H3,(H,18,19). The molecule has 19 heavy (non-hydrogen) atoms. The van der Waals surface area contributed by atoms with E-state index in [9.17, 15) is 4.79 Å². The van der Waals surface area contributed by atoms with Crippen LogP contribution >= 0.6 is 15.9 Å². The smallest absolute Gasteiger partial charge is 0.237 e. The first-order valence-electron chi connectivity index (χ1n) is 6.87. The molecule has 104 valence electrons. The number of hydrogen-bond acceptors (Lipinski definition) is 2. The second kappa shape index (κ2) is 6.53. The van der Waals surface area contributed by atoms with Crippen LogP contribution in [0, 0.1) is 5.92 Å². The number of halogens is 1. The lowest BCUT2D eigenvalue weighted by molar-refractivity contribution is -0.125. The topological polar surface area (TPSA) is 41.1 Å². The maximum absolute atomic E-state index is 12.3. The molecule has 1 amide bonds. The van der Waals surface area contributed by atoms with E-state index in [4.69, 9.17) is 0 Å². The zero-order valence-corrected chi connectivity index (χ0v) is 13.0. The number of benzene rings is 1. The molecule has 0 aromatic heterocycles. The third-order valence-corrected chi connectivity index (χ3v) is 4.31. The van der Waals surface area contributed by atoms with Gasteiger partial charge in [0.2, 0.25) is 5.91 Å². The quantitative estimate of drug-likeness (QED) is 0.897. The summed E-state index contributed by atoms with van der Waals surface area (Å²) in [4.78, 5) is 12.3. The van der Waals surface area contributed by atoms with Crippen molar-refractivity contribution in [2.24, 2.45) is 5.92 Å². The van der Waals surface area contributed by atoms with Gasteiger partial charge in [0, 0.05) is 4.47 Å². The number of nitrogens with one attached hydrogen (secondary N) is 2. The van der Waals surface area contributed by atoms with Gasteiger partial charge >= 0.3 is 0 Å². The van der Waals surface area contributed by atoms with Crippen molar-refractivity contribution in [1.82, 2.24) is 10.6 Å². The predicted molar refractivity (Wildman–Crippen MR) is 80.9 cm³/mol. The largest absolute Gasteiger partial charge is 0.348 e. The molecule has 1 aliphatic rings. The molecule has 4 heteroatoms. The van der Waals surface area contributed by atoms with Crippen molar-refractivity contribution in [3.63, 3.8) is 0 Å². The Bertz CT molecular complexity index is 432. The summed E-state index contributed by atoms with van der Waals surface area (Å²) in [5.41, 5.74) is 1.13. The van der Waals surface area contributed by atoms with Crippen LogP contribution in [0.4, 0.5) is 0 Å². The molecule has 1 aromatic rings. The summed E-state index contributed by atoms with van der Waals surface area (Å²) in [5.74, 6) is 0.522. The lowest BCUT2D eigenvalue weighted by atomic mass is 9.92. The van der Waals surface area contributed by atoms with Gasteiger partial charge in [-0.2, -0.15) is 0 Å². The first-order valence-corrected chi connectivity index (χ1v) is 7.66. The van der Waals surface area contributed by atoms with E-state index in [0.29, 0.717) is 5.92 Å². The molecule has 0 aliphatic carbocycles. The van der Waals surface area contributed by atoms with Gasteiger partial charge in [-0.1, -0.05) is 35.0 Å². The molecular weight excluding hydrogens is 304 g/mol. The second-order valence-corrected chi connectivity index (χ2v) is 6.25. The molecule has 3 unspecified atom stereocenters. The molecule has 1 saturated heterocycles. The van der Waals surface area contributed by atoms with Gasteiger partial charge in [0.25, 0.3) is 0 Å². The maximum atomic E-state index is 12.3. The number of amides is 1. The number of carbonyl (C=O) groups excluding carboxylic acids is 1. The fraction of sp³-hybridized carbons (Fsp3) is 0.533. The molecular formula is C15H21BrN2O. The Morgan fingerprint density at radius 1 is 1.42 bits per heavy atom. The van der Waals surface area contributed by atoms with Crippen LogP contribution in [0.5, 0.6) is 0 Å². The maximum Gasteiger partial charge on any atom is 0.237 e. The molecule has 0 radical (unpaired) electrons. The minimum atomic E-state index is -0.0494. The van der Waals surface area contributed by atoms with Crippen molar-refractivity contribution in [2.75, 3.05) is 6.54 Å². The van der Waals surface area contributed by atoms with E-state index >= 15 is 0 Å². The fourth-order valence-electron chi connectivity index (χ4n) is 2.54. The molecule has 0 bridgehead atoms. The van der Waals surface area contributed by atoms with Gasteiger partial charge in [-0.15, -0.1) is 0 Å². The average Bonchev–Trinajstić information content (AvgIpc) is 2.39. The second-order valence-electron chi connectivity index (χ2n) is 5.33. The van der Waals surface area contributed by atoms with E-state index in [1.807, 2.05) is 31.2 Å². The Morgan fingerprint density at radius 3 is 2.74 bits per heavy atom. The monoisotopic (exact) mass is 324 g/mol. The highest BCUT2D eigenvalue weighted by Gasteiger charge is 2.28. The van der Waals surface area contributed by atoms with Crippen LogP contribution in [0.1, 0.15) is 38.3 Å². The number of hydrogen-bond donors (Lipinski definition) is 2. The van der Waals surface area contributed by atoms with Gasteiger partial charge in [-0.3, -0.25) is 4.79 Å². The molecule has 3 atom stereocenters. The highest BCUT2D eigenvalue weighted by Crippen LogP contribution is 2.19. The SMILES string of the molecule is CC(NC(=O)C1NCCCC1C)c1ccc(Br)cc1. The summed E-state index contributed by atoms with van der Waals surface area (Å²) in [6.45, 7) is 5.10. The number of carbonyl (C=O) groups is 1. The average molecular weight is 325 g/mol. The number of piperidine rings is 1. The molecule has 0 saturated carbocycles. The normalized spacial score (nSPS) is 24.8. The van der Waals surface area contributed by atoms with E-state index < -0.39 is 0 Å². The van der Waals surface area contributed by atoms with Crippen molar-refractivity contribution in [1.29, 1.82) is 0 Å². The molecule has 3 nitrogen and oxygen atoms in total. The van der Waals surface area contributed by atoms with Crippen LogP contribution in [-0.4, -0.2) is 18.5 Å². The Hall–Kier alpha value is -0.870. The summed E-state index contributed by atoms with van der Waals surface area (Å²) >= 11 is 3.42. The van der Waals surface area contributed by atoms with Crippen molar-refractivity contribution in [3.05, 3.63) is 34.3 Å². The van der Waals surface area contributed by atoms with Gasteiger partial charge in [0.1, 0.15) is 0 Å². The summed E-state index contributed by atoms with van der Waals surface area (Å²) in [5, 5.41) is 6.41. The zero-order valence-electron chi connectivity index (χ0n) is 11.4. The highest BCUT2D eigenvalue weighted by molar-refractivity contribution is 9.10. The van der Waals surface area contributed by atoms with Gasteiger partial charge in [0.05, 0.1) is 12.1 Å². The molecule has 2 rings (SSSR count). The van der Waals surface area contributed by atoms with Gasteiger partial charge < -0.3 is 10.6 Å². The third-order valence-electron chi connectivity index (χ3n) is 3.78. The van der Waals surface area contributed by atoms with Crippen LogP contribution in [0.15, 0.2) is 28.7 Å². The summed E-state index contributed by atoms with van der Waals surface area (Å²) < 4.78 is 1.05. The molecule has 1 heterocycles. The minimum absolute atomic E-state index is 0.0385. The van der Waals surface area contributed by atoms with Crippen molar-refractivity contribution in [2.45, 2.75) is 38.8 Å². The van der Waals surface area contributed by atoms with Crippen molar-refractivity contribution < 1.29 is 4.79 Å². The lowest BCUT2D eigenvalue weighted by Crippen LogP contribution is -2.51. The third kappa shape index (κ3) is 3.80. The van der Waals surface area contributed by atoms with Crippen LogP contribution in [-0.2, 0) is 4.79 Å². The van der Waals surface area contributed by atoms with Crippen LogP contribution in [0.3, 0.4) is 0 Å². The fourth-order valence-corrected chi connectivity index (χ4v) is 2.80. The Labute approximate surface area is 123 Å². The zero-order chi connectivity index (χ0) is 13.8. The molecule has 1 aliphatic heterocycles. The molecule has 1 fully saturated rings. The van der Waals surface area contributed by atoms with Crippen LogP contribution in [0.2, 0.25) is 0 Å². The first-order chi connectivity index (χ1) is 9.08. The molecule has 0 spiro atoms. The number of rotatable bonds is 3. The molecule has 2 N–H and O–H groups in total.